The highest BCUT2D eigenvalue weighted by Crippen LogP contribution is 2.17. The number of nitrogens with one attached hydrogen (secondary N) is 1. The summed E-state index contributed by atoms with van der Waals surface area (Å²) in [6.45, 7) is 2.26. The smallest absolute Gasteiger partial charge is 0.244 e. The van der Waals surface area contributed by atoms with Crippen molar-refractivity contribution in [2.75, 3.05) is 7.05 Å². The van der Waals surface area contributed by atoms with Crippen molar-refractivity contribution in [3.05, 3.63) is 9.66 Å². The molecule has 0 aromatic rings. The first-order valence-corrected chi connectivity index (χ1v) is 8.86. The average molecular weight is 379 g/mol. The van der Waals surface area contributed by atoms with Gasteiger partial charge in [0.15, 0.2) is 0 Å². The molecule has 2 nitrogen and oxygen atoms in total. The second-order valence-corrected chi connectivity index (χ2v) is 6.52. The summed E-state index contributed by atoms with van der Waals surface area (Å²) in [5, 5.41) is 2.61. The monoisotopic (exact) mass is 379 g/mol. The number of unbranched alkanes of at least 4 members (excludes halogenated alkanes) is 9. The Morgan fingerprint density at radius 2 is 1.42 bits per heavy atom. The van der Waals surface area contributed by atoms with E-state index in [1.165, 1.54) is 64.2 Å². The predicted molar refractivity (Wildman–Crippen MR) is 92.6 cm³/mol. The van der Waals surface area contributed by atoms with Gasteiger partial charge in [-0.25, -0.2) is 0 Å². The summed E-state index contributed by atoms with van der Waals surface area (Å²) < 4.78 is 1.16. The van der Waals surface area contributed by atoms with Crippen LogP contribution >= 0.6 is 22.6 Å². The number of amides is 1. The van der Waals surface area contributed by atoms with E-state index >= 15 is 0 Å². The summed E-state index contributed by atoms with van der Waals surface area (Å²) in [5.41, 5.74) is 0. The maximum Gasteiger partial charge on any atom is 0.244 e. The maximum atomic E-state index is 11.1. The van der Waals surface area contributed by atoms with E-state index in [2.05, 4.69) is 34.8 Å². The summed E-state index contributed by atoms with van der Waals surface area (Å²) in [6, 6.07) is 0. The first-order valence-electron chi connectivity index (χ1n) is 7.78. The molecule has 0 aliphatic carbocycles. The molecular formula is C16H30INO. The summed E-state index contributed by atoms with van der Waals surface area (Å²) in [6.07, 6.45) is 16.4. The minimum Gasteiger partial charge on any atom is -0.356 e. The van der Waals surface area contributed by atoms with Gasteiger partial charge < -0.3 is 5.32 Å². The van der Waals surface area contributed by atoms with E-state index in [9.17, 15) is 4.79 Å². The van der Waals surface area contributed by atoms with E-state index in [4.69, 9.17) is 0 Å². The van der Waals surface area contributed by atoms with Gasteiger partial charge in [0.05, 0.1) is 0 Å². The van der Waals surface area contributed by atoms with Crippen LogP contribution in [0.25, 0.3) is 0 Å². The molecule has 112 valence electrons. The van der Waals surface area contributed by atoms with Gasteiger partial charge in [-0.15, -0.1) is 0 Å². The first kappa shape index (κ1) is 18.9. The normalized spacial score (nSPS) is 11.6. The third-order valence-electron chi connectivity index (χ3n) is 3.30. The van der Waals surface area contributed by atoms with Gasteiger partial charge in [0.25, 0.3) is 0 Å². The predicted octanol–water partition coefficient (Wildman–Crippen LogP) is 5.36. The van der Waals surface area contributed by atoms with Crippen molar-refractivity contribution in [2.24, 2.45) is 0 Å². The lowest BCUT2D eigenvalue weighted by atomic mass is 10.1. The SMILES string of the molecule is CCCCCCCCCCCCC(I)=CC(=O)NC. The Hall–Kier alpha value is -0.0600. The van der Waals surface area contributed by atoms with Crippen LogP contribution in [0.15, 0.2) is 9.66 Å². The molecule has 3 heteroatoms. The minimum atomic E-state index is 0.0106. The van der Waals surface area contributed by atoms with Gasteiger partial charge in [0.1, 0.15) is 0 Å². The van der Waals surface area contributed by atoms with Gasteiger partial charge in [-0.3, -0.25) is 4.79 Å². The van der Waals surface area contributed by atoms with E-state index in [0.717, 1.165) is 10.0 Å². The van der Waals surface area contributed by atoms with Crippen LogP contribution in [0.4, 0.5) is 0 Å². The standard InChI is InChI=1S/C16H30INO/c1-3-4-5-6-7-8-9-10-11-12-13-15(17)14-16(19)18-2/h14H,3-13H2,1-2H3,(H,18,19). The van der Waals surface area contributed by atoms with Crippen molar-refractivity contribution in [1.29, 1.82) is 0 Å². The van der Waals surface area contributed by atoms with Crippen molar-refractivity contribution in [3.63, 3.8) is 0 Å². The molecule has 0 saturated carbocycles. The van der Waals surface area contributed by atoms with Crippen LogP contribution in [0.2, 0.25) is 0 Å². The zero-order valence-corrected chi connectivity index (χ0v) is 14.8. The fraction of sp³-hybridized carbons (Fsp3) is 0.812. The lowest BCUT2D eigenvalue weighted by Crippen LogP contribution is -2.14. The highest BCUT2D eigenvalue weighted by atomic mass is 127. The third kappa shape index (κ3) is 14.2. The Balaban J connectivity index is 3.27. The van der Waals surface area contributed by atoms with Crippen molar-refractivity contribution in [2.45, 2.75) is 77.6 Å². The fourth-order valence-electron chi connectivity index (χ4n) is 2.07. The molecule has 0 spiro atoms. The second-order valence-electron chi connectivity index (χ2n) is 5.14. The summed E-state index contributed by atoms with van der Waals surface area (Å²) >= 11 is 2.27. The molecule has 0 bridgehead atoms. The van der Waals surface area contributed by atoms with Crippen molar-refractivity contribution in [1.82, 2.24) is 5.32 Å². The van der Waals surface area contributed by atoms with Crippen molar-refractivity contribution < 1.29 is 4.79 Å². The van der Waals surface area contributed by atoms with Crippen LogP contribution in [0.5, 0.6) is 0 Å². The molecule has 0 heterocycles. The number of carbonyl (C=O) groups is 1. The molecule has 0 saturated heterocycles. The summed E-state index contributed by atoms with van der Waals surface area (Å²) in [5.74, 6) is 0.0106. The van der Waals surface area contributed by atoms with E-state index in [-0.39, 0.29) is 5.91 Å². The fourth-order valence-corrected chi connectivity index (χ4v) is 2.73. The molecule has 19 heavy (non-hydrogen) atoms. The Labute approximate surface area is 132 Å². The molecule has 0 aromatic carbocycles. The molecule has 1 N–H and O–H groups in total. The van der Waals surface area contributed by atoms with Crippen LogP contribution in [-0.2, 0) is 4.79 Å². The lowest BCUT2D eigenvalue weighted by Gasteiger charge is -2.02. The zero-order valence-electron chi connectivity index (χ0n) is 12.6. The number of rotatable bonds is 12. The van der Waals surface area contributed by atoms with Gasteiger partial charge in [-0.1, -0.05) is 64.7 Å². The van der Waals surface area contributed by atoms with E-state index < -0.39 is 0 Å². The van der Waals surface area contributed by atoms with Crippen LogP contribution in [-0.4, -0.2) is 13.0 Å². The number of hydrogen-bond acceptors (Lipinski definition) is 1. The van der Waals surface area contributed by atoms with Crippen LogP contribution in [0.1, 0.15) is 77.6 Å². The van der Waals surface area contributed by atoms with Crippen molar-refractivity contribution >= 4 is 28.5 Å². The first-order chi connectivity index (χ1) is 9.20. The van der Waals surface area contributed by atoms with Gasteiger partial charge >= 0.3 is 0 Å². The molecule has 0 aliphatic rings. The Morgan fingerprint density at radius 3 is 1.89 bits per heavy atom. The molecule has 1 amide bonds. The number of likely N-dealkylation sites (N-methyl/N-ethyl adjacent to an activating group) is 1. The van der Waals surface area contributed by atoms with E-state index in [0.29, 0.717) is 0 Å². The number of hydrogen-bond donors (Lipinski definition) is 1. The Kier molecular flexibility index (Phi) is 14.3. The highest BCUT2D eigenvalue weighted by molar-refractivity contribution is 14.1. The second kappa shape index (κ2) is 14.4. The van der Waals surface area contributed by atoms with Gasteiger partial charge in [0, 0.05) is 13.1 Å². The molecule has 0 aromatic heterocycles. The highest BCUT2D eigenvalue weighted by Gasteiger charge is 1.97. The molecule has 0 radical (unpaired) electrons. The van der Waals surface area contributed by atoms with Crippen LogP contribution in [0, 0.1) is 0 Å². The quantitative estimate of drug-likeness (QED) is 0.276. The summed E-state index contributed by atoms with van der Waals surface area (Å²) in [4.78, 5) is 11.1. The molecule has 0 unspecified atom stereocenters. The molecule has 0 fully saturated rings. The molecule has 0 atom stereocenters. The molecular weight excluding hydrogens is 349 g/mol. The Morgan fingerprint density at radius 1 is 0.947 bits per heavy atom. The number of carbonyl (C=O) groups excluding carboxylic acids is 1. The average Bonchev–Trinajstić information content (AvgIpc) is 2.40. The van der Waals surface area contributed by atoms with Crippen LogP contribution < -0.4 is 5.32 Å². The largest absolute Gasteiger partial charge is 0.356 e. The maximum absolute atomic E-state index is 11.1. The third-order valence-corrected chi connectivity index (χ3v) is 4.15. The topological polar surface area (TPSA) is 29.1 Å². The lowest BCUT2D eigenvalue weighted by molar-refractivity contribution is -0.116. The van der Waals surface area contributed by atoms with E-state index in [1.807, 2.05) is 0 Å². The summed E-state index contributed by atoms with van der Waals surface area (Å²) in [7, 11) is 1.67. The Bertz CT molecular complexity index is 251. The number of halogens is 1. The van der Waals surface area contributed by atoms with Gasteiger partial charge in [0.2, 0.25) is 5.91 Å². The molecule has 0 aliphatic heterocycles. The minimum absolute atomic E-state index is 0.0106. The van der Waals surface area contributed by atoms with Gasteiger partial charge in [-0.05, 0) is 39.0 Å². The zero-order chi connectivity index (χ0) is 14.3. The van der Waals surface area contributed by atoms with Gasteiger partial charge in [-0.2, -0.15) is 0 Å². The number of allylic oxidation sites excluding steroid dienone is 1. The van der Waals surface area contributed by atoms with E-state index in [1.54, 1.807) is 13.1 Å². The van der Waals surface area contributed by atoms with Crippen LogP contribution in [0.3, 0.4) is 0 Å². The van der Waals surface area contributed by atoms with Crippen molar-refractivity contribution in [3.8, 4) is 0 Å². The molecule has 0 rings (SSSR count).